The Bertz CT molecular complexity index is 831. The summed E-state index contributed by atoms with van der Waals surface area (Å²) in [6.45, 7) is 5.55. The van der Waals surface area contributed by atoms with Crippen LogP contribution in [0.3, 0.4) is 0 Å². The van der Waals surface area contributed by atoms with Crippen LogP contribution in [-0.4, -0.2) is 65.5 Å². The molecule has 3 fully saturated rings. The van der Waals surface area contributed by atoms with Crippen LogP contribution in [0.25, 0.3) is 10.9 Å². The molecule has 3 aliphatic heterocycles. The maximum atomic E-state index is 13.6. The summed E-state index contributed by atoms with van der Waals surface area (Å²) in [5, 5.41) is 0.962. The molecule has 3 saturated heterocycles. The Kier molecular flexibility index (Phi) is 4.39. The molecule has 4 heterocycles. The van der Waals surface area contributed by atoms with Crippen LogP contribution in [-0.2, 0) is 6.54 Å². The highest BCUT2D eigenvalue weighted by atomic mass is 19.1. The summed E-state index contributed by atoms with van der Waals surface area (Å²) in [7, 11) is 3.64. The van der Waals surface area contributed by atoms with E-state index in [0.717, 1.165) is 54.8 Å². The van der Waals surface area contributed by atoms with Crippen molar-refractivity contribution in [2.45, 2.75) is 32.4 Å². The fourth-order valence-electron chi connectivity index (χ4n) is 4.53. The zero-order valence-electron chi connectivity index (χ0n) is 15.8. The average molecular weight is 358 g/mol. The number of nitrogens with zero attached hydrogens (tertiary/aromatic N) is 3. The van der Waals surface area contributed by atoms with E-state index in [1.807, 2.05) is 25.1 Å². The second-order valence-electron chi connectivity index (χ2n) is 8.03. The Morgan fingerprint density at radius 2 is 2.08 bits per heavy atom. The summed E-state index contributed by atoms with van der Waals surface area (Å²) in [5.74, 6) is 0.331. The standard InChI is InChI=1S/C20H27FN4O/c1-13-17-8-15(21)5-7-18(17)22-19(13)12-24-9-14-4-6-16(24)11-25(10-14)20(26)23(2)3/h5,7-8,14,16,22H,4,6,9-12H2,1-3H3/t14-,16-/m1/s1. The third-order valence-electron chi connectivity index (χ3n) is 5.97. The molecule has 5 nitrogen and oxygen atoms in total. The van der Waals surface area contributed by atoms with E-state index in [-0.39, 0.29) is 11.8 Å². The summed E-state index contributed by atoms with van der Waals surface area (Å²) < 4.78 is 13.6. The van der Waals surface area contributed by atoms with Crippen LogP contribution in [0.1, 0.15) is 24.1 Å². The molecule has 5 rings (SSSR count). The van der Waals surface area contributed by atoms with Crippen molar-refractivity contribution in [3.8, 4) is 0 Å². The number of hydrogen-bond donors (Lipinski definition) is 1. The van der Waals surface area contributed by atoms with Crippen LogP contribution in [0.4, 0.5) is 9.18 Å². The molecule has 2 amide bonds. The van der Waals surface area contributed by atoms with E-state index in [1.54, 1.807) is 11.0 Å². The molecule has 0 spiro atoms. The first-order valence-corrected chi connectivity index (χ1v) is 9.39. The highest BCUT2D eigenvalue weighted by Gasteiger charge is 2.37. The predicted molar refractivity (Wildman–Crippen MR) is 101 cm³/mol. The Morgan fingerprint density at radius 1 is 1.27 bits per heavy atom. The lowest BCUT2D eigenvalue weighted by molar-refractivity contribution is 0.121. The molecule has 0 unspecified atom stereocenters. The first-order chi connectivity index (χ1) is 12.4. The fraction of sp³-hybridized carbons (Fsp3) is 0.550. The molecular formula is C20H27FN4O. The van der Waals surface area contributed by atoms with Crippen LogP contribution in [0.5, 0.6) is 0 Å². The number of aromatic amines is 1. The van der Waals surface area contributed by atoms with Gasteiger partial charge in [0.2, 0.25) is 0 Å². The molecule has 2 bridgehead atoms. The number of aryl methyl sites for hydroxylation is 1. The summed E-state index contributed by atoms with van der Waals surface area (Å²) in [6.07, 6.45) is 2.32. The smallest absolute Gasteiger partial charge is 0.319 e. The minimum atomic E-state index is -0.196. The number of aromatic nitrogens is 1. The van der Waals surface area contributed by atoms with Crippen LogP contribution in [0.15, 0.2) is 18.2 Å². The van der Waals surface area contributed by atoms with Crippen molar-refractivity contribution in [1.82, 2.24) is 19.7 Å². The lowest BCUT2D eigenvalue weighted by atomic mass is 9.94. The molecule has 2 atom stereocenters. The number of benzene rings is 1. The Hall–Kier alpha value is -2.08. The van der Waals surface area contributed by atoms with Crippen molar-refractivity contribution in [3.63, 3.8) is 0 Å². The third-order valence-corrected chi connectivity index (χ3v) is 5.97. The van der Waals surface area contributed by atoms with Crippen LogP contribution >= 0.6 is 0 Å². The minimum Gasteiger partial charge on any atom is -0.357 e. The highest BCUT2D eigenvalue weighted by molar-refractivity contribution is 5.84. The van der Waals surface area contributed by atoms with Gasteiger partial charge in [-0.3, -0.25) is 4.90 Å². The lowest BCUT2D eigenvalue weighted by Gasteiger charge is -2.35. The monoisotopic (exact) mass is 358 g/mol. The van der Waals surface area contributed by atoms with E-state index in [1.165, 1.54) is 12.5 Å². The van der Waals surface area contributed by atoms with Crippen molar-refractivity contribution in [2.24, 2.45) is 5.92 Å². The van der Waals surface area contributed by atoms with Gasteiger partial charge in [-0.05, 0) is 49.4 Å². The van der Waals surface area contributed by atoms with Gasteiger partial charge in [0.1, 0.15) is 5.82 Å². The third kappa shape index (κ3) is 3.07. The van der Waals surface area contributed by atoms with E-state index in [4.69, 9.17) is 0 Å². The molecule has 140 valence electrons. The van der Waals surface area contributed by atoms with Gasteiger partial charge in [0.05, 0.1) is 0 Å². The fourth-order valence-corrected chi connectivity index (χ4v) is 4.53. The van der Waals surface area contributed by atoms with E-state index >= 15 is 0 Å². The predicted octanol–water partition coefficient (Wildman–Crippen LogP) is 3.19. The number of nitrogens with one attached hydrogen (secondary N) is 1. The molecule has 2 aromatic rings. The first-order valence-electron chi connectivity index (χ1n) is 9.39. The van der Waals surface area contributed by atoms with Crippen molar-refractivity contribution < 1.29 is 9.18 Å². The lowest BCUT2D eigenvalue weighted by Crippen LogP contribution is -2.45. The highest BCUT2D eigenvalue weighted by Crippen LogP contribution is 2.31. The largest absolute Gasteiger partial charge is 0.357 e. The van der Waals surface area contributed by atoms with Gasteiger partial charge in [0.15, 0.2) is 0 Å². The number of piperidine rings is 1. The number of rotatable bonds is 2. The summed E-state index contributed by atoms with van der Waals surface area (Å²) in [4.78, 5) is 22.1. The van der Waals surface area contributed by atoms with Gasteiger partial charge in [0, 0.05) is 62.9 Å². The molecule has 1 aromatic carbocycles. The van der Waals surface area contributed by atoms with Gasteiger partial charge in [-0.2, -0.15) is 0 Å². The van der Waals surface area contributed by atoms with Crippen LogP contribution < -0.4 is 0 Å². The summed E-state index contributed by atoms with van der Waals surface area (Å²) in [5.41, 5.74) is 3.27. The maximum absolute atomic E-state index is 13.6. The SMILES string of the molecule is Cc1c(CN2C[C@H]3CC[C@@H]2CN(C(=O)N(C)C)C3)[nH]c2ccc(F)cc12. The maximum Gasteiger partial charge on any atom is 0.319 e. The number of halogens is 1. The van der Waals surface area contributed by atoms with E-state index in [9.17, 15) is 9.18 Å². The van der Waals surface area contributed by atoms with Gasteiger partial charge in [0.25, 0.3) is 0 Å². The molecule has 26 heavy (non-hydrogen) atoms. The van der Waals surface area contributed by atoms with Gasteiger partial charge in [-0.1, -0.05) is 0 Å². The second kappa shape index (κ2) is 6.58. The number of carbonyl (C=O) groups is 1. The first kappa shape index (κ1) is 17.3. The Labute approximate surface area is 153 Å². The van der Waals surface area contributed by atoms with Gasteiger partial charge in [-0.25, -0.2) is 9.18 Å². The molecule has 0 radical (unpaired) electrons. The van der Waals surface area contributed by atoms with Crippen molar-refractivity contribution in [1.29, 1.82) is 0 Å². The summed E-state index contributed by atoms with van der Waals surface area (Å²) >= 11 is 0. The quantitative estimate of drug-likeness (QED) is 0.896. The molecule has 3 aliphatic rings. The Morgan fingerprint density at radius 3 is 2.85 bits per heavy atom. The van der Waals surface area contributed by atoms with Gasteiger partial charge in [-0.15, -0.1) is 0 Å². The number of urea groups is 1. The zero-order chi connectivity index (χ0) is 18.4. The second-order valence-corrected chi connectivity index (χ2v) is 8.03. The zero-order valence-corrected chi connectivity index (χ0v) is 15.8. The molecule has 1 aromatic heterocycles. The molecular weight excluding hydrogens is 331 g/mol. The number of H-pyrrole nitrogens is 1. The number of fused-ring (bicyclic) bond motifs is 5. The molecule has 0 saturated carbocycles. The van der Waals surface area contributed by atoms with Gasteiger partial charge >= 0.3 is 6.03 Å². The van der Waals surface area contributed by atoms with E-state index in [2.05, 4.69) is 16.8 Å². The summed E-state index contributed by atoms with van der Waals surface area (Å²) in [6, 6.07) is 5.42. The van der Waals surface area contributed by atoms with Crippen molar-refractivity contribution >= 4 is 16.9 Å². The van der Waals surface area contributed by atoms with Crippen LogP contribution in [0, 0.1) is 18.7 Å². The molecule has 6 heteroatoms. The Balaban J connectivity index is 1.56. The number of amides is 2. The number of hydrogen-bond acceptors (Lipinski definition) is 2. The van der Waals surface area contributed by atoms with Crippen molar-refractivity contribution in [3.05, 3.63) is 35.3 Å². The van der Waals surface area contributed by atoms with Crippen molar-refractivity contribution in [2.75, 3.05) is 33.7 Å². The minimum absolute atomic E-state index is 0.112. The van der Waals surface area contributed by atoms with Gasteiger partial charge < -0.3 is 14.8 Å². The number of carbonyl (C=O) groups excluding carboxylic acids is 1. The topological polar surface area (TPSA) is 42.6 Å². The molecule has 1 N–H and O–H groups in total. The van der Waals surface area contributed by atoms with Crippen LogP contribution in [0.2, 0.25) is 0 Å². The van der Waals surface area contributed by atoms with E-state index < -0.39 is 0 Å². The molecule has 0 aliphatic carbocycles. The average Bonchev–Trinajstić information content (AvgIpc) is 2.78. The van der Waals surface area contributed by atoms with E-state index in [0.29, 0.717) is 12.0 Å². The normalized spacial score (nSPS) is 23.5.